The molecular formula is C10H10ClN3O. The second-order valence-corrected chi connectivity index (χ2v) is 3.36. The Morgan fingerprint density at radius 3 is 3.13 bits per heavy atom. The van der Waals surface area contributed by atoms with Crippen LogP contribution in [0.25, 0.3) is 11.1 Å². The normalized spacial score (nSPS) is 12.3. The summed E-state index contributed by atoms with van der Waals surface area (Å²) < 4.78 is 5.37. The Hall–Kier alpha value is -1.55. The third-order valence-electron chi connectivity index (χ3n) is 1.91. The number of hydrogen-bond donors (Lipinski definition) is 1. The smallest absolute Gasteiger partial charge is 0.192 e. The van der Waals surface area contributed by atoms with Crippen molar-refractivity contribution in [1.82, 2.24) is 4.98 Å². The van der Waals surface area contributed by atoms with Crippen LogP contribution >= 0.6 is 11.6 Å². The number of hydrogen-bond acceptors (Lipinski definition) is 3. The SMILES string of the molecule is Cc1nc2c(N=C(N)CCl)cccc2o1. The summed E-state index contributed by atoms with van der Waals surface area (Å²) in [6, 6.07) is 5.50. The monoisotopic (exact) mass is 223 g/mol. The number of alkyl halides is 1. The molecule has 1 aromatic heterocycles. The Kier molecular flexibility index (Phi) is 2.60. The highest BCUT2D eigenvalue weighted by molar-refractivity contribution is 6.28. The summed E-state index contributed by atoms with van der Waals surface area (Å²) in [7, 11) is 0. The fraction of sp³-hybridized carbons (Fsp3) is 0.200. The van der Waals surface area contributed by atoms with Gasteiger partial charge < -0.3 is 10.2 Å². The first-order valence-corrected chi connectivity index (χ1v) is 4.99. The minimum atomic E-state index is 0.202. The molecule has 5 heteroatoms. The molecule has 0 saturated carbocycles. The molecular weight excluding hydrogens is 214 g/mol. The van der Waals surface area contributed by atoms with Gasteiger partial charge in [-0.1, -0.05) is 6.07 Å². The number of nitrogens with zero attached hydrogens (tertiary/aromatic N) is 2. The number of nitrogens with two attached hydrogens (primary N) is 1. The summed E-state index contributed by atoms with van der Waals surface area (Å²) in [5, 5.41) is 0. The van der Waals surface area contributed by atoms with Gasteiger partial charge in [-0.2, -0.15) is 0 Å². The molecule has 2 rings (SSSR count). The van der Waals surface area contributed by atoms with Crippen LogP contribution in [-0.4, -0.2) is 16.7 Å². The second-order valence-electron chi connectivity index (χ2n) is 3.09. The van der Waals surface area contributed by atoms with Gasteiger partial charge in [0.2, 0.25) is 0 Å². The van der Waals surface area contributed by atoms with E-state index in [1.807, 2.05) is 18.2 Å². The van der Waals surface area contributed by atoms with E-state index >= 15 is 0 Å². The van der Waals surface area contributed by atoms with Gasteiger partial charge in [0.25, 0.3) is 0 Å². The van der Waals surface area contributed by atoms with Crippen molar-refractivity contribution in [3.8, 4) is 0 Å². The fourth-order valence-corrected chi connectivity index (χ4v) is 1.38. The maximum absolute atomic E-state index is 5.56. The molecule has 0 unspecified atom stereocenters. The van der Waals surface area contributed by atoms with Crippen molar-refractivity contribution in [2.24, 2.45) is 10.7 Å². The molecule has 0 radical (unpaired) electrons. The standard InChI is InChI=1S/C10H10ClN3O/c1-6-13-10-7(14-9(12)5-11)3-2-4-8(10)15-6/h2-4H,5H2,1H3,(H2,12,14). The van der Waals surface area contributed by atoms with E-state index in [-0.39, 0.29) is 5.88 Å². The van der Waals surface area contributed by atoms with E-state index in [9.17, 15) is 0 Å². The molecule has 2 N–H and O–H groups in total. The summed E-state index contributed by atoms with van der Waals surface area (Å²) in [6.07, 6.45) is 0. The van der Waals surface area contributed by atoms with Gasteiger partial charge in [0.15, 0.2) is 11.5 Å². The maximum atomic E-state index is 5.56. The van der Waals surface area contributed by atoms with E-state index in [0.717, 1.165) is 0 Å². The lowest BCUT2D eigenvalue weighted by Gasteiger charge is -1.96. The molecule has 0 saturated heterocycles. The minimum Gasteiger partial charge on any atom is -0.441 e. The zero-order valence-corrected chi connectivity index (χ0v) is 8.95. The van der Waals surface area contributed by atoms with E-state index in [4.69, 9.17) is 21.8 Å². The molecule has 0 spiro atoms. The van der Waals surface area contributed by atoms with Crippen LogP contribution in [0.1, 0.15) is 5.89 Å². The third kappa shape index (κ3) is 1.94. The predicted molar refractivity (Wildman–Crippen MR) is 60.7 cm³/mol. The number of rotatable bonds is 2. The number of oxazole rings is 1. The van der Waals surface area contributed by atoms with Gasteiger partial charge in [-0.05, 0) is 12.1 Å². The van der Waals surface area contributed by atoms with Crippen LogP contribution in [0.15, 0.2) is 27.6 Å². The second kappa shape index (κ2) is 3.90. The summed E-state index contributed by atoms with van der Waals surface area (Å²) >= 11 is 5.56. The molecule has 0 fully saturated rings. The van der Waals surface area contributed by atoms with Gasteiger partial charge in [-0.25, -0.2) is 9.98 Å². The summed E-state index contributed by atoms with van der Waals surface area (Å²) in [5.41, 5.74) is 7.66. The minimum absolute atomic E-state index is 0.202. The van der Waals surface area contributed by atoms with Crippen LogP contribution in [0.3, 0.4) is 0 Å². The Balaban J connectivity index is 2.60. The van der Waals surface area contributed by atoms with Crippen molar-refractivity contribution in [2.45, 2.75) is 6.92 Å². The Labute approximate surface area is 91.8 Å². The molecule has 0 aliphatic carbocycles. The highest BCUT2D eigenvalue weighted by Gasteiger charge is 2.06. The van der Waals surface area contributed by atoms with Crippen molar-refractivity contribution in [3.63, 3.8) is 0 Å². The quantitative estimate of drug-likeness (QED) is 0.483. The lowest BCUT2D eigenvalue weighted by atomic mass is 10.3. The third-order valence-corrected chi connectivity index (χ3v) is 2.18. The number of para-hydroxylation sites is 1. The van der Waals surface area contributed by atoms with Crippen LogP contribution in [0.4, 0.5) is 5.69 Å². The molecule has 0 bridgehead atoms. The topological polar surface area (TPSA) is 64.4 Å². The van der Waals surface area contributed by atoms with Crippen molar-refractivity contribution in [3.05, 3.63) is 24.1 Å². The first-order valence-electron chi connectivity index (χ1n) is 4.46. The summed E-state index contributed by atoms with van der Waals surface area (Å²) in [6.45, 7) is 1.79. The van der Waals surface area contributed by atoms with Crippen molar-refractivity contribution >= 4 is 34.2 Å². The van der Waals surface area contributed by atoms with Gasteiger partial charge in [-0.3, -0.25) is 0 Å². The molecule has 1 aromatic carbocycles. The first-order chi connectivity index (χ1) is 7.20. The van der Waals surface area contributed by atoms with Crippen LogP contribution in [0.2, 0.25) is 0 Å². The number of aliphatic imine (C=N–C) groups is 1. The van der Waals surface area contributed by atoms with E-state index in [1.165, 1.54) is 0 Å². The van der Waals surface area contributed by atoms with Crippen LogP contribution in [-0.2, 0) is 0 Å². The molecule has 78 valence electrons. The molecule has 0 amide bonds. The largest absolute Gasteiger partial charge is 0.441 e. The number of fused-ring (bicyclic) bond motifs is 1. The Morgan fingerprint density at radius 2 is 2.40 bits per heavy atom. The lowest BCUT2D eigenvalue weighted by Crippen LogP contribution is -2.12. The highest BCUT2D eigenvalue weighted by atomic mass is 35.5. The van der Waals surface area contributed by atoms with E-state index in [0.29, 0.717) is 28.5 Å². The fourth-order valence-electron chi connectivity index (χ4n) is 1.32. The van der Waals surface area contributed by atoms with Gasteiger partial charge in [0.05, 0.1) is 11.6 Å². The molecule has 0 aliphatic rings. The Bertz CT molecular complexity index is 518. The van der Waals surface area contributed by atoms with Crippen molar-refractivity contribution < 1.29 is 4.42 Å². The number of benzene rings is 1. The number of aryl methyl sites for hydroxylation is 1. The van der Waals surface area contributed by atoms with Crippen molar-refractivity contribution in [2.75, 3.05) is 5.88 Å². The van der Waals surface area contributed by atoms with E-state index < -0.39 is 0 Å². The molecule has 2 aromatic rings. The lowest BCUT2D eigenvalue weighted by molar-refractivity contribution is 0.561. The molecule has 4 nitrogen and oxygen atoms in total. The zero-order chi connectivity index (χ0) is 10.8. The summed E-state index contributed by atoms with van der Waals surface area (Å²) in [4.78, 5) is 8.39. The summed E-state index contributed by atoms with van der Waals surface area (Å²) in [5.74, 6) is 1.18. The number of amidine groups is 1. The molecule has 0 atom stereocenters. The maximum Gasteiger partial charge on any atom is 0.192 e. The van der Waals surface area contributed by atoms with Gasteiger partial charge in [0.1, 0.15) is 11.4 Å². The first kappa shape index (κ1) is 9.98. The highest BCUT2D eigenvalue weighted by Crippen LogP contribution is 2.25. The predicted octanol–water partition coefficient (Wildman–Crippen LogP) is 2.36. The van der Waals surface area contributed by atoms with Crippen LogP contribution in [0.5, 0.6) is 0 Å². The zero-order valence-electron chi connectivity index (χ0n) is 8.20. The van der Waals surface area contributed by atoms with Crippen molar-refractivity contribution in [1.29, 1.82) is 0 Å². The Morgan fingerprint density at radius 1 is 1.60 bits per heavy atom. The number of halogens is 1. The number of aromatic nitrogens is 1. The van der Waals surface area contributed by atoms with Crippen LogP contribution < -0.4 is 5.73 Å². The molecule has 0 aliphatic heterocycles. The average Bonchev–Trinajstić information content (AvgIpc) is 2.59. The van der Waals surface area contributed by atoms with Gasteiger partial charge >= 0.3 is 0 Å². The van der Waals surface area contributed by atoms with E-state index in [1.54, 1.807) is 6.92 Å². The van der Waals surface area contributed by atoms with Gasteiger partial charge in [-0.15, -0.1) is 11.6 Å². The van der Waals surface area contributed by atoms with Gasteiger partial charge in [0, 0.05) is 6.92 Å². The molecule has 1 heterocycles. The average molecular weight is 224 g/mol. The van der Waals surface area contributed by atoms with E-state index in [2.05, 4.69) is 9.98 Å². The van der Waals surface area contributed by atoms with Crippen LogP contribution in [0, 0.1) is 6.92 Å². The molecule has 15 heavy (non-hydrogen) atoms.